The maximum atomic E-state index is 14.0. The molecule has 16 heteroatoms. The molecule has 2 N–H and O–H groups in total. The quantitative estimate of drug-likeness (QED) is 0.115. The molecule has 4 heterocycles. The molecule has 6 rings (SSSR count). The van der Waals surface area contributed by atoms with Gasteiger partial charge in [-0.2, -0.15) is 0 Å². The van der Waals surface area contributed by atoms with Crippen molar-refractivity contribution in [2.24, 2.45) is 0 Å². The lowest BCUT2D eigenvalue weighted by molar-refractivity contribution is -0.118. The summed E-state index contributed by atoms with van der Waals surface area (Å²) >= 11 is 0. The molecule has 0 saturated carbocycles. The van der Waals surface area contributed by atoms with Crippen LogP contribution in [0.5, 0.6) is 17.2 Å². The Bertz CT molecular complexity index is 1710. The van der Waals surface area contributed by atoms with Crippen molar-refractivity contribution in [3.05, 3.63) is 41.0 Å². The Balaban J connectivity index is 1.14. The second-order valence-corrected chi connectivity index (χ2v) is 19.1. The fraction of sp³-hybridized carbons (Fsp3) is 0.595. The minimum Gasteiger partial charge on any atom is -0.493 e. The van der Waals surface area contributed by atoms with Crippen LogP contribution in [0.4, 0.5) is 11.4 Å². The zero-order chi connectivity index (χ0) is 37.5. The summed E-state index contributed by atoms with van der Waals surface area (Å²) in [4.78, 5) is 46.1. The van der Waals surface area contributed by atoms with Crippen molar-refractivity contribution in [1.29, 1.82) is 0 Å². The molecule has 2 aromatic carbocycles. The van der Waals surface area contributed by atoms with Gasteiger partial charge in [-0.05, 0) is 57.4 Å². The summed E-state index contributed by atoms with van der Waals surface area (Å²) in [5.74, 6) is 1.80. The number of ether oxygens (including phenoxy) is 3. The van der Waals surface area contributed by atoms with E-state index in [1.807, 2.05) is 16.1 Å². The first-order chi connectivity index (χ1) is 25.7. The second kappa shape index (κ2) is 18.0. The van der Waals surface area contributed by atoms with Crippen molar-refractivity contribution in [3.63, 3.8) is 0 Å². The molecule has 3 atom stereocenters. The summed E-state index contributed by atoms with van der Waals surface area (Å²) in [5.41, 5.74) is 2.49. The standard InChI is InChI=1S/C37H51N4O9PS2/c1-4-50-51(46,16-14-49-34-20-30-28(19-33(34)47-2)36(44)39-11-5-8-26(39)22-38-30)15-13-48-32-21-31-29(18-25(32)24-42)37(45)40-12-6-9-27(40)23-41(31)35(43)10-7-17-53-52-3/h18-21,26-27,38,42H,4-17,22-24H2,1-3H3/t26-,27-,51?/m0/s1. The summed E-state index contributed by atoms with van der Waals surface area (Å²) in [6.07, 6.45) is 6.94. The molecule has 2 aromatic rings. The first kappa shape index (κ1) is 39.6. The zero-order valence-corrected chi connectivity index (χ0v) is 33.3. The van der Waals surface area contributed by atoms with Gasteiger partial charge in [0.2, 0.25) is 13.3 Å². The average Bonchev–Trinajstić information content (AvgIpc) is 3.79. The van der Waals surface area contributed by atoms with E-state index >= 15 is 0 Å². The fourth-order valence-corrected chi connectivity index (χ4v) is 10.7. The number of aliphatic hydroxyl groups excluding tert-OH is 1. The Hall–Kier alpha value is -3.10. The normalized spacial score (nSPS) is 20.4. The Labute approximate surface area is 319 Å². The highest BCUT2D eigenvalue weighted by Crippen LogP contribution is 2.47. The highest BCUT2D eigenvalue weighted by molar-refractivity contribution is 8.76. The van der Waals surface area contributed by atoms with Gasteiger partial charge in [-0.3, -0.25) is 18.9 Å². The summed E-state index contributed by atoms with van der Waals surface area (Å²) in [6.45, 7) is 4.16. The Morgan fingerprint density at radius 1 is 0.962 bits per heavy atom. The number of aliphatic hydroxyl groups is 1. The van der Waals surface area contributed by atoms with Gasteiger partial charge in [-0.1, -0.05) is 21.6 Å². The molecule has 0 spiro atoms. The maximum Gasteiger partial charge on any atom is 0.256 e. The Morgan fingerprint density at radius 3 is 2.36 bits per heavy atom. The molecule has 1 unspecified atom stereocenters. The number of carbonyl (C=O) groups is 3. The van der Waals surface area contributed by atoms with E-state index in [-0.39, 0.29) is 68.6 Å². The van der Waals surface area contributed by atoms with Gasteiger partial charge in [0, 0.05) is 62.1 Å². The number of anilines is 2. The van der Waals surface area contributed by atoms with Crippen molar-refractivity contribution < 1.29 is 42.8 Å². The van der Waals surface area contributed by atoms with Crippen LogP contribution in [0.3, 0.4) is 0 Å². The van der Waals surface area contributed by atoms with E-state index in [2.05, 4.69) is 5.32 Å². The molecule has 0 aromatic heterocycles. The number of methoxy groups -OCH3 is 1. The smallest absolute Gasteiger partial charge is 0.256 e. The molecule has 0 radical (unpaired) electrons. The van der Waals surface area contributed by atoms with Crippen LogP contribution in [0.15, 0.2) is 24.3 Å². The maximum absolute atomic E-state index is 14.0. The number of amides is 3. The van der Waals surface area contributed by atoms with Crippen LogP contribution in [-0.4, -0.2) is 122 Å². The third-order valence-corrected chi connectivity index (χ3v) is 14.7. The van der Waals surface area contributed by atoms with Gasteiger partial charge < -0.3 is 43.9 Å². The molecule has 13 nitrogen and oxygen atoms in total. The molecule has 2 saturated heterocycles. The van der Waals surface area contributed by atoms with E-state index in [4.69, 9.17) is 18.7 Å². The van der Waals surface area contributed by atoms with Gasteiger partial charge in [-0.25, -0.2) is 0 Å². The molecule has 0 aliphatic carbocycles. The predicted molar refractivity (Wildman–Crippen MR) is 209 cm³/mol. The topological polar surface area (TPSA) is 147 Å². The number of carbonyl (C=O) groups excluding carboxylic acids is 3. The van der Waals surface area contributed by atoms with Crippen LogP contribution in [0.1, 0.15) is 71.7 Å². The van der Waals surface area contributed by atoms with Gasteiger partial charge in [-0.15, -0.1) is 0 Å². The monoisotopic (exact) mass is 790 g/mol. The van der Waals surface area contributed by atoms with Gasteiger partial charge >= 0.3 is 0 Å². The lowest BCUT2D eigenvalue weighted by Crippen LogP contribution is -2.42. The van der Waals surface area contributed by atoms with Crippen molar-refractivity contribution in [3.8, 4) is 17.2 Å². The van der Waals surface area contributed by atoms with E-state index in [0.29, 0.717) is 71.4 Å². The van der Waals surface area contributed by atoms with E-state index in [0.717, 1.165) is 44.4 Å². The number of rotatable bonds is 17. The highest BCUT2D eigenvalue weighted by Gasteiger charge is 2.39. The third-order valence-electron chi connectivity index (χ3n) is 10.4. The summed E-state index contributed by atoms with van der Waals surface area (Å²) < 4.78 is 37.7. The van der Waals surface area contributed by atoms with E-state index in [1.54, 1.807) is 57.7 Å². The number of nitrogens with one attached hydrogen (secondary N) is 1. The molecule has 3 amide bonds. The largest absolute Gasteiger partial charge is 0.493 e. The van der Waals surface area contributed by atoms with Crippen LogP contribution < -0.4 is 24.4 Å². The minimum atomic E-state index is -3.25. The molecule has 4 aliphatic heterocycles. The van der Waals surface area contributed by atoms with Crippen molar-refractivity contribution in [2.75, 3.05) is 87.7 Å². The second-order valence-electron chi connectivity index (χ2n) is 13.6. The fourth-order valence-electron chi connectivity index (χ4n) is 7.68. The van der Waals surface area contributed by atoms with E-state index < -0.39 is 7.37 Å². The first-order valence-corrected chi connectivity index (χ1v) is 23.2. The molecular weight excluding hydrogens is 740 g/mol. The van der Waals surface area contributed by atoms with Gasteiger partial charge in [0.05, 0.1) is 74.4 Å². The predicted octanol–water partition coefficient (Wildman–Crippen LogP) is 5.73. The lowest BCUT2D eigenvalue weighted by atomic mass is 10.0. The molecule has 53 heavy (non-hydrogen) atoms. The summed E-state index contributed by atoms with van der Waals surface area (Å²) in [6, 6.07) is 6.87. The van der Waals surface area contributed by atoms with Gasteiger partial charge in [0.25, 0.3) is 11.8 Å². The lowest BCUT2D eigenvalue weighted by Gasteiger charge is -2.27. The van der Waals surface area contributed by atoms with Crippen LogP contribution >= 0.6 is 29.0 Å². The van der Waals surface area contributed by atoms with Gasteiger partial charge in [0.1, 0.15) is 5.75 Å². The summed E-state index contributed by atoms with van der Waals surface area (Å²) in [5, 5.41) is 13.7. The first-order valence-electron chi connectivity index (χ1n) is 18.5. The number of fused-ring (bicyclic) bond motifs is 4. The third kappa shape index (κ3) is 8.91. The SMILES string of the molecule is CCOP(=O)(CCOc1cc2c(cc1CO)C(=O)N1CCC[C@H]1CN2C(=O)CCCSSC)CCOc1cc2c(cc1OC)C(=O)N1CCC[C@H]1CN2. The number of hydrogen-bond donors (Lipinski definition) is 2. The van der Waals surface area contributed by atoms with Crippen LogP contribution in [0.25, 0.3) is 0 Å². The minimum absolute atomic E-state index is 0.0114. The van der Waals surface area contributed by atoms with Crippen molar-refractivity contribution in [1.82, 2.24) is 9.80 Å². The molecule has 2 fully saturated rings. The number of hydrogen-bond acceptors (Lipinski definition) is 12. The van der Waals surface area contributed by atoms with Crippen molar-refractivity contribution >= 4 is 58.1 Å². The van der Waals surface area contributed by atoms with Crippen LogP contribution in [0.2, 0.25) is 0 Å². The Kier molecular flexibility index (Phi) is 13.5. The molecular formula is C37H51N4O9PS2. The van der Waals surface area contributed by atoms with E-state index in [1.165, 1.54) is 7.11 Å². The molecule has 4 aliphatic rings. The van der Waals surface area contributed by atoms with Crippen LogP contribution in [-0.2, 0) is 20.5 Å². The zero-order valence-electron chi connectivity index (χ0n) is 30.8. The van der Waals surface area contributed by atoms with Crippen LogP contribution in [0, 0.1) is 0 Å². The molecule has 0 bridgehead atoms. The van der Waals surface area contributed by atoms with Crippen molar-refractivity contribution in [2.45, 2.75) is 64.1 Å². The Morgan fingerprint density at radius 2 is 1.66 bits per heavy atom. The van der Waals surface area contributed by atoms with E-state index in [9.17, 15) is 24.1 Å². The summed E-state index contributed by atoms with van der Waals surface area (Å²) in [7, 11) is 1.65. The molecule has 290 valence electrons. The number of nitrogens with zero attached hydrogens (tertiary/aromatic N) is 3. The average molecular weight is 791 g/mol. The highest BCUT2D eigenvalue weighted by atomic mass is 33.1. The van der Waals surface area contributed by atoms with Gasteiger partial charge in [0.15, 0.2) is 11.5 Å². The number of benzene rings is 2.